The van der Waals surface area contributed by atoms with Crippen molar-refractivity contribution in [2.45, 2.75) is 59.1 Å². The van der Waals surface area contributed by atoms with Crippen LogP contribution in [0.3, 0.4) is 0 Å². The van der Waals surface area contributed by atoms with Crippen LogP contribution in [0.25, 0.3) is 0 Å². The van der Waals surface area contributed by atoms with E-state index >= 15 is 0 Å². The smallest absolute Gasteiger partial charge is 0.410 e. The first kappa shape index (κ1) is 19.3. The molecule has 1 aromatic heterocycles. The summed E-state index contributed by atoms with van der Waals surface area (Å²) in [7, 11) is 0. The van der Waals surface area contributed by atoms with Gasteiger partial charge in [-0.3, -0.25) is 4.79 Å². The van der Waals surface area contributed by atoms with Gasteiger partial charge in [0.05, 0.1) is 12.8 Å². The molecule has 1 aliphatic rings. The topological polar surface area (TPSA) is 63.0 Å². The number of ether oxygens (including phenoxy) is 1. The molecule has 0 saturated carbocycles. The van der Waals surface area contributed by atoms with Crippen LogP contribution in [0, 0.1) is 5.92 Å². The molecule has 0 aromatic carbocycles. The third-order valence-electron chi connectivity index (χ3n) is 4.18. The molecule has 1 unspecified atom stereocenters. The van der Waals surface area contributed by atoms with Crippen molar-refractivity contribution in [2.75, 3.05) is 19.6 Å². The standard InChI is InChI=1S/C19H30N2O4/c1-15-7-5-10-20(13-15)17(22)9-11-21(14-16-8-6-12-24-16)18(23)25-19(2,3)4/h6,8,12,15H,5,7,9-11,13-14H2,1-4H3. The third kappa shape index (κ3) is 6.44. The Morgan fingerprint density at radius 1 is 1.40 bits per heavy atom. The second kappa shape index (κ2) is 8.41. The summed E-state index contributed by atoms with van der Waals surface area (Å²) in [6.45, 7) is 9.90. The van der Waals surface area contributed by atoms with E-state index in [4.69, 9.17) is 9.15 Å². The summed E-state index contributed by atoms with van der Waals surface area (Å²) in [6.07, 6.45) is 3.67. The maximum Gasteiger partial charge on any atom is 0.410 e. The Morgan fingerprint density at radius 3 is 2.76 bits per heavy atom. The zero-order chi connectivity index (χ0) is 18.4. The van der Waals surface area contributed by atoms with Crippen LogP contribution in [0.2, 0.25) is 0 Å². The lowest BCUT2D eigenvalue weighted by Crippen LogP contribution is -2.42. The molecule has 0 N–H and O–H groups in total. The molecule has 0 spiro atoms. The van der Waals surface area contributed by atoms with Gasteiger partial charge in [-0.25, -0.2) is 4.79 Å². The number of piperidine rings is 1. The number of amides is 2. The van der Waals surface area contributed by atoms with Crippen LogP contribution in [0.15, 0.2) is 22.8 Å². The number of furan rings is 1. The molecule has 1 aliphatic heterocycles. The first-order valence-corrected chi connectivity index (χ1v) is 9.02. The maximum absolute atomic E-state index is 12.5. The van der Waals surface area contributed by atoms with E-state index < -0.39 is 11.7 Å². The minimum atomic E-state index is -0.579. The lowest BCUT2D eigenvalue weighted by Gasteiger charge is -2.32. The Balaban J connectivity index is 1.95. The quantitative estimate of drug-likeness (QED) is 0.813. The van der Waals surface area contributed by atoms with Gasteiger partial charge in [0.25, 0.3) is 0 Å². The summed E-state index contributed by atoms with van der Waals surface area (Å²) in [5.41, 5.74) is -0.579. The molecule has 1 fully saturated rings. The molecule has 25 heavy (non-hydrogen) atoms. The lowest BCUT2D eigenvalue weighted by molar-refractivity contribution is -0.133. The Kier molecular flexibility index (Phi) is 6.51. The van der Waals surface area contributed by atoms with Crippen LogP contribution in [-0.4, -0.2) is 47.0 Å². The molecular formula is C19H30N2O4. The predicted molar refractivity (Wildman–Crippen MR) is 94.9 cm³/mol. The molecule has 6 heteroatoms. The van der Waals surface area contributed by atoms with Gasteiger partial charge in [-0.05, 0) is 51.7 Å². The van der Waals surface area contributed by atoms with Gasteiger partial charge in [0.1, 0.15) is 11.4 Å². The molecule has 0 bridgehead atoms. The Bertz CT molecular complexity index is 562. The maximum atomic E-state index is 12.5. The van der Waals surface area contributed by atoms with Crippen LogP contribution < -0.4 is 0 Å². The molecule has 1 atom stereocenters. The van der Waals surface area contributed by atoms with E-state index in [2.05, 4.69) is 6.92 Å². The summed E-state index contributed by atoms with van der Waals surface area (Å²) in [5, 5.41) is 0. The van der Waals surface area contributed by atoms with Crippen LogP contribution in [-0.2, 0) is 16.1 Å². The number of carbonyl (C=O) groups is 2. The van der Waals surface area contributed by atoms with Crippen molar-refractivity contribution in [1.82, 2.24) is 9.80 Å². The summed E-state index contributed by atoms with van der Waals surface area (Å²) in [5.74, 6) is 1.31. The van der Waals surface area contributed by atoms with E-state index in [-0.39, 0.29) is 5.91 Å². The predicted octanol–water partition coefficient (Wildman–Crippen LogP) is 3.67. The van der Waals surface area contributed by atoms with Crippen LogP contribution in [0.1, 0.15) is 52.7 Å². The largest absolute Gasteiger partial charge is 0.467 e. The first-order chi connectivity index (χ1) is 11.7. The SMILES string of the molecule is CC1CCCN(C(=O)CCN(Cc2ccco2)C(=O)OC(C)(C)C)C1. The lowest BCUT2D eigenvalue weighted by atomic mass is 10.00. The Labute approximate surface area is 150 Å². The highest BCUT2D eigenvalue weighted by molar-refractivity contribution is 5.77. The van der Waals surface area contributed by atoms with E-state index in [1.165, 1.54) is 11.3 Å². The zero-order valence-corrected chi connectivity index (χ0v) is 15.8. The molecule has 1 saturated heterocycles. The normalized spacial score (nSPS) is 18.1. The minimum absolute atomic E-state index is 0.0968. The van der Waals surface area contributed by atoms with Gasteiger partial charge in [-0.15, -0.1) is 0 Å². The van der Waals surface area contributed by atoms with Gasteiger partial charge in [0.15, 0.2) is 0 Å². The molecule has 140 valence electrons. The van der Waals surface area contributed by atoms with Crippen molar-refractivity contribution in [2.24, 2.45) is 5.92 Å². The van der Waals surface area contributed by atoms with E-state index in [9.17, 15) is 9.59 Å². The first-order valence-electron chi connectivity index (χ1n) is 9.02. The molecule has 2 heterocycles. The molecule has 6 nitrogen and oxygen atoms in total. The molecule has 2 amide bonds. The van der Waals surface area contributed by atoms with Gasteiger partial charge in [-0.1, -0.05) is 6.92 Å². The average Bonchev–Trinajstić information content (AvgIpc) is 3.02. The fourth-order valence-corrected chi connectivity index (χ4v) is 2.96. The van der Waals surface area contributed by atoms with Gasteiger partial charge in [0.2, 0.25) is 5.91 Å². The molecule has 0 aliphatic carbocycles. The Hall–Kier alpha value is -1.98. The van der Waals surface area contributed by atoms with Crippen molar-refractivity contribution in [3.8, 4) is 0 Å². The number of hydrogen-bond donors (Lipinski definition) is 0. The summed E-state index contributed by atoms with van der Waals surface area (Å²) in [6, 6.07) is 3.59. The van der Waals surface area contributed by atoms with Crippen molar-refractivity contribution in [3.63, 3.8) is 0 Å². The van der Waals surface area contributed by atoms with E-state index in [1.54, 1.807) is 12.3 Å². The van der Waals surface area contributed by atoms with Crippen molar-refractivity contribution in [3.05, 3.63) is 24.2 Å². The fourth-order valence-electron chi connectivity index (χ4n) is 2.96. The van der Waals surface area contributed by atoms with Crippen molar-refractivity contribution < 1.29 is 18.7 Å². The molecule has 1 aromatic rings. The van der Waals surface area contributed by atoms with E-state index in [1.807, 2.05) is 31.7 Å². The van der Waals surface area contributed by atoms with Crippen molar-refractivity contribution in [1.29, 1.82) is 0 Å². The van der Waals surface area contributed by atoms with Gasteiger partial charge in [0, 0.05) is 26.1 Å². The summed E-state index contributed by atoms with van der Waals surface area (Å²) >= 11 is 0. The average molecular weight is 350 g/mol. The number of likely N-dealkylation sites (tertiary alicyclic amines) is 1. The highest BCUT2D eigenvalue weighted by Gasteiger charge is 2.25. The second-order valence-corrected chi connectivity index (χ2v) is 7.82. The zero-order valence-electron chi connectivity index (χ0n) is 15.8. The number of hydrogen-bond acceptors (Lipinski definition) is 4. The van der Waals surface area contributed by atoms with Crippen molar-refractivity contribution >= 4 is 12.0 Å². The second-order valence-electron chi connectivity index (χ2n) is 7.82. The number of nitrogens with zero attached hydrogens (tertiary/aromatic N) is 2. The van der Waals surface area contributed by atoms with Gasteiger partial charge in [-0.2, -0.15) is 0 Å². The van der Waals surface area contributed by atoms with E-state index in [0.29, 0.717) is 31.2 Å². The minimum Gasteiger partial charge on any atom is -0.467 e. The van der Waals surface area contributed by atoms with Crippen LogP contribution >= 0.6 is 0 Å². The molecular weight excluding hydrogens is 320 g/mol. The summed E-state index contributed by atoms with van der Waals surface area (Å²) in [4.78, 5) is 28.4. The monoisotopic (exact) mass is 350 g/mol. The highest BCUT2D eigenvalue weighted by Crippen LogP contribution is 2.17. The highest BCUT2D eigenvalue weighted by atomic mass is 16.6. The fraction of sp³-hybridized carbons (Fsp3) is 0.684. The van der Waals surface area contributed by atoms with Gasteiger partial charge < -0.3 is 19.0 Å². The molecule has 2 rings (SSSR count). The Morgan fingerprint density at radius 2 is 2.16 bits per heavy atom. The number of rotatable bonds is 5. The van der Waals surface area contributed by atoms with Crippen LogP contribution in [0.5, 0.6) is 0 Å². The van der Waals surface area contributed by atoms with E-state index in [0.717, 1.165) is 19.5 Å². The number of carbonyl (C=O) groups excluding carboxylic acids is 2. The third-order valence-corrected chi connectivity index (χ3v) is 4.18. The van der Waals surface area contributed by atoms with Crippen LogP contribution in [0.4, 0.5) is 4.79 Å². The van der Waals surface area contributed by atoms with Gasteiger partial charge >= 0.3 is 6.09 Å². The molecule has 0 radical (unpaired) electrons. The summed E-state index contributed by atoms with van der Waals surface area (Å²) < 4.78 is 10.8.